The van der Waals surface area contributed by atoms with E-state index in [1.54, 1.807) is 0 Å². The van der Waals surface area contributed by atoms with Gasteiger partial charge in [-0.05, 0) is 38.3 Å². The molecule has 2 saturated heterocycles. The second-order valence-corrected chi connectivity index (χ2v) is 5.72. The topological polar surface area (TPSA) is 44.9 Å². The Morgan fingerprint density at radius 3 is 2.65 bits per heavy atom. The van der Waals surface area contributed by atoms with Gasteiger partial charge in [-0.3, -0.25) is 9.89 Å². The summed E-state index contributed by atoms with van der Waals surface area (Å²) in [5.74, 6) is 1.34. The molecule has 2 aliphatic rings. The number of likely N-dealkylation sites (tertiary alicyclic amines) is 2. The number of guanidine groups is 1. The van der Waals surface area contributed by atoms with Crippen LogP contribution in [0.5, 0.6) is 0 Å². The predicted molar refractivity (Wildman–Crippen MR) is 72.1 cm³/mol. The fourth-order valence-electron chi connectivity index (χ4n) is 2.73. The van der Waals surface area contributed by atoms with E-state index >= 15 is 0 Å². The van der Waals surface area contributed by atoms with E-state index in [1.165, 1.54) is 32.4 Å². The average Bonchev–Trinajstić information content (AvgIpc) is 2.94. The normalized spacial score (nSPS) is 27.4. The lowest BCUT2D eigenvalue weighted by Gasteiger charge is -2.24. The van der Waals surface area contributed by atoms with Crippen LogP contribution in [0.25, 0.3) is 0 Å². The van der Waals surface area contributed by atoms with Crippen LogP contribution in [-0.2, 0) is 0 Å². The number of nitrogens with zero attached hydrogens (tertiary/aromatic N) is 3. The SMILES string of the molecule is CC(C)CN=C(N)N1CCC(N2CCCC2)C1. The van der Waals surface area contributed by atoms with E-state index in [4.69, 9.17) is 5.73 Å². The summed E-state index contributed by atoms with van der Waals surface area (Å²) < 4.78 is 0. The van der Waals surface area contributed by atoms with Gasteiger partial charge in [0.15, 0.2) is 5.96 Å². The second-order valence-electron chi connectivity index (χ2n) is 5.72. The zero-order valence-electron chi connectivity index (χ0n) is 11.2. The second kappa shape index (κ2) is 5.71. The molecular formula is C13H26N4. The zero-order chi connectivity index (χ0) is 12.3. The summed E-state index contributed by atoms with van der Waals surface area (Å²) in [6.45, 7) is 9.91. The highest BCUT2D eigenvalue weighted by atomic mass is 15.3. The van der Waals surface area contributed by atoms with Crippen LogP contribution >= 0.6 is 0 Å². The van der Waals surface area contributed by atoms with Crippen molar-refractivity contribution in [1.29, 1.82) is 0 Å². The number of hydrogen-bond acceptors (Lipinski definition) is 2. The molecule has 1 unspecified atom stereocenters. The lowest BCUT2D eigenvalue weighted by atomic mass is 10.2. The maximum Gasteiger partial charge on any atom is 0.191 e. The van der Waals surface area contributed by atoms with Crippen molar-refractivity contribution < 1.29 is 0 Å². The van der Waals surface area contributed by atoms with E-state index in [0.29, 0.717) is 12.0 Å². The third kappa shape index (κ3) is 3.35. The van der Waals surface area contributed by atoms with Crippen molar-refractivity contribution in [3.05, 3.63) is 0 Å². The Hall–Kier alpha value is -0.770. The molecule has 2 fully saturated rings. The fourth-order valence-corrected chi connectivity index (χ4v) is 2.73. The molecule has 17 heavy (non-hydrogen) atoms. The molecule has 2 N–H and O–H groups in total. The maximum atomic E-state index is 6.05. The lowest BCUT2D eigenvalue weighted by Crippen LogP contribution is -2.40. The van der Waals surface area contributed by atoms with Crippen molar-refractivity contribution in [3.8, 4) is 0 Å². The van der Waals surface area contributed by atoms with E-state index in [-0.39, 0.29) is 0 Å². The first-order valence-corrected chi connectivity index (χ1v) is 6.95. The van der Waals surface area contributed by atoms with Crippen LogP contribution in [0.4, 0.5) is 0 Å². The fraction of sp³-hybridized carbons (Fsp3) is 0.923. The molecule has 98 valence electrons. The molecular weight excluding hydrogens is 212 g/mol. The monoisotopic (exact) mass is 238 g/mol. The molecule has 0 aliphatic carbocycles. The van der Waals surface area contributed by atoms with Gasteiger partial charge < -0.3 is 10.6 Å². The Balaban J connectivity index is 1.82. The van der Waals surface area contributed by atoms with Gasteiger partial charge in [0.25, 0.3) is 0 Å². The Bertz CT molecular complexity index is 269. The van der Waals surface area contributed by atoms with Gasteiger partial charge in [-0.15, -0.1) is 0 Å². The summed E-state index contributed by atoms with van der Waals surface area (Å²) in [6, 6.07) is 0.713. The lowest BCUT2D eigenvalue weighted by molar-refractivity contribution is 0.249. The van der Waals surface area contributed by atoms with E-state index in [2.05, 4.69) is 28.6 Å². The standard InChI is InChI=1S/C13H26N4/c1-11(2)9-15-13(14)17-8-5-12(10-17)16-6-3-4-7-16/h11-12H,3-10H2,1-2H3,(H2,14,15). The summed E-state index contributed by atoms with van der Waals surface area (Å²) in [4.78, 5) is 9.34. The summed E-state index contributed by atoms with van der Waals surface area (Å²) in [5.41, 5.74) is 6.05. The third-order valence-electron chi connectivity index (χ3n) is 3.76. The predicted octanol–water partition coefficient (Wildman–Crippen LogP) is 1.13. The summed E-state index contributed by atoms with van der Waals surface area (Å²) in [6.07, 6.45) is 3.98. The first-order chi connectivity index (χ1) is 8.16. The average molecular weight is 238 g/mol. The Kier molecular flexibility index (Phi) is 4.26. The molecule has 0 radical (unpaired) electrons. The number of rotatable bonds is 3. The van der Waals surface area contributed by atoms with Crippen molar-refractivity contribution in [2.45, 2.75) is 39.2 Å². The Morgan fingerprint density at radius 1 is 1.29 bits per heavy atom. The van der Waals surface area contributed by atoms with Gasteiger partial charge in [0.2, 0.25) is 0 Å². The van der Waals surface area contributed by atoms with Crippen LogP contribution in [0.3, 0.4) is 0 Å². The molecule has 2 aliphatic heterocycles. The molecule has 0 aromatic carbocycles. The number of hydrogen-bond donors (Lipinski definition) is 1. The van der Waals surface area contributed by atoms with E-state index in [9.17, 15) is 0 Å². The molecule has 0 saturated carbocycles. The zero-order valence-corrected chi connectivity index (χ0v) is 11.2. The first kappa shape index (κ1) is 12.7. The van der Waals surface area contributed by atoms with E-state index < -0.39 is 0 Å². The highest BCUT2D eigenvalue weighted by Gasteiger charge is 2.29. The van der Waals surface area contributed by atoms with Crippen LogP contribution < -0.4 is 5.73 Å². The Labute approximate surface area is 105 Å². The highest BCUT2D eigenvalue weighted by molar-refractivity contribution is 5.78. The van der Waals surface area contributed by atoms with Crippen molar-refractivity contribution in [2.75, 3.05) is 32.7 Å². The first-order valence-electron chi connectivity index (χ1n) is 6.95. The molecule has 2 rings (SSSR count). The molecule has 2 heterocycles. The molecule has 0 bridgehead atoms. The molecule has 0 amide bonds. The van der Waals surface area contributed by atoms with Gasteiger partial charge in [0.1, 0.15) is 0 Å². The quantitative estimate of drug-likeness (QED) is 0.592. The minimum atomic E-state index is 0.588. The Morgan fingerprint density at radius 2 is 2.00 bits per heavy atom. The molecule has 1 atom stereocenters. The molecule has 0 aromatic heterocycles. The minimum Gasteiger partial charge on any atom is -0.370 e. The van der Waals surface area contributed by atoms with Gasteiger partial charge in [-0.25, -0.2) is 0 Å². The van der Waals surface area contributed by atoms with E-state index in [1.807, 2.05) is 0 Å². The van der Waals surface area contributed by atoms with Gasteiger partial charge in [0, 0.05) is 25.7 Å². The molecule has 4 heteroatoms. The van der Waals surface area contributed by atoms with Crippen LogP contribution in [-0.4, -0.2) is 54.5 Å². The number of aliphatic imine (C=N–C) groups is 1. The van der Waals surface area contributed by atoms with Gasteiger partial charge in [-0.2, -0.15) is 0 Å². The van der Waals surface area contributed by atoms with Crippen molar-refractivity contribution >= 4 is 5.96 Å². The van der Waals surface area contributed by atoms with Crippen molar-refractivity contribution in [1.82, 2.24) is 9.80 Å². The smallest absolute Gasteiger partial charge is 0.191 e. The highest BCUT2D eigenvalue weighted by Crippen LogP contribution is 2.20. The third-order valence-corrected chi connectivity index (χ3v) is 3.76. The summed E-state index contributed by atoms with van der Waals surface area (Å²) >= 11 is 0. The largest absolute Gasteiger partial charge is 0.370 e. The van der Waals surface area contributed by atoms with Crippen molar-refractivity contribution in [3.63, 3.8) is 0 Å². The van der Waals surface area contributed by atoms with Crippen LogP contribution in [0.2, 0.25) is 0 Å². The maximum absolute atomic E-state index is 6.05. The molecule has 4 nitrogen and oxygen atoms in total. The van der Waals surface area contributed by atoms with Gasteiger partial charge in [-0.1, -0.05) is 13.8 Å². The molecule has 0 spiro atoms. The van der Waals surface area contributed by atoms with Gasteiger partial charge >= 0.3 is 0 Å². The van der Waals surface area contributed by atoms with Crippen LogP contribution in [0, 0.1) is 5.92 Å². The van der Waals surface area contributed by atoms with E-state index in [0.717, 1.165) is 25.6 Å². The molecule has 0 aromatic rings. The summed E-state index contributed by atoms with van der Waals surface area (Å²) in [5, 5.41) is 0. The number of nitrogens with two attached hydrogens (primary N) is 1. The van der Waals surface area contributed by atoms with Crippen LogP contribution in [0.1, 0.15) is 33.1 Å². The minimum absolute atomic E-state index is 0.588. The summed E-state index contributed by atoms with van der Waals surface area (Å²) in [7, 11) is 0. The van der Waals surface area contributed by atoms with Gasteiger partial charge in [0.05, 0.1) is 0 Å². The van der Waals surface area contributed by atoms with Crippen molar-refractivity contribution in [2.24, 2.45) is 16.6 Å². The van der Waals surface area contributed by atoms with Crippen LogP contribution in [0.15, 0.2) is 4.99 Å².